The second-order valence-electron chi connectivity index (χ2n) is 4.06. The number of ether oxygens (including phenoxy) is 1. The van der Waals surface area contributed by atoms with Crippen LogP contribution in [0.3, 0.4) is 0 Å². The summed E-state index contributed by atoms with van der Waals surface area (Å²) >= 11 is 0. The zero-order valence-electron chi connectivity index (χ0n) is 10.1. The van der Waals surface area contributed by atoms with Crippen LogP contribution in [0.15, 0.2) is 24.3 Å². The van der Waals surface area contributed by atoms with E-state index in [0.717, 1.165) is 11.4 Å². The molecule has 0 atom stereocenters. The standard InChI is InChI=1S/C12H18N2O2/c1-12(2,13-3)11(15)14-9-6-5-7-10(8-9)16-4/h5-8,13H,1-4H3,(H,14,15). The molecule has 0 unspecified atom stereocenters. The molecule has 1 rings (SSSR count). The highest BCUT2D eigenvalue weighted by atomic mass is 16.5. The van der Waals surface area contributed by atoms with Crippen LogP contribution in [0.5, 0.6) is 5.75 Å². The average Bonchev–Trinajstić information content (AvgIpc) is 2.29. The van der Waals surface area contributed by atoms with Gasteiger partial charge in [0.2, 0.25) is 5.91 Å². The van der Waals surface area contributed by atoms with Crippen molar-refractivity contribution in [3.63, 3.8) is 0 Å². The Morgan fingerprint density at radius 3 is 2.62 bits per heavy atom. The Bertz CT molecular complexity index is 375. The van der Waals surface area contributed by atoms with Crippen molar-refractivity contribution < 1.29 is 9.53 Å². The van der Waals surface area contributed by atoms with Gasteiger partial charge in [0.25, 0.3) is 0 Å². The van der Waals surface area contributed by atoms with E-state index in [9.17, 15) is 4.79 Å². The van der Waals surface area contributed by atoms with Crippen molar-refractivity contribution in [2.75, 3.05) is 19.5 Å². The van der Waals surface area contributed by atoms with E-state index >= 15 is 0 Å². The fourth-order valence-corrected chi connectivity index (χ4v) is 1.10. The summed E-state index contributed by atoms with van der Waals surface area (Å²) in [6, 6.07) is 7.27. The van der Waals surface area contributed by atoms with E-state index in [4.69, 9.17) is 4.74 Å². The molecule has 0 saturated heterocycles. The molecule has 1 aromatic rings. The summed E-state index contributed by atoms with van der Waals surface area (Å²) in [5, 5.41) is 5.77. The Labute approximate surface area is 96.0 Å². The Hall–Kier alpha value is -1.55. The lowest BCUT2D eigenvalue weighted by Gasteiger charge is -2.22. The Kier molecular flexibility index (Phi) is 3.90. The van der Waals surface area contributed by atoms with Gasteiger partial charge in [-0.1, -0.05) is 6.07 Å². The quantitative estimate of drug-likeness (QED) is 0.814. The number of hydrogen-bond acceptors (Lipinski definition) is 3. The SMILES string of the molecule is CNC(C)(C)C(=O)Nc1cccc(OC)c1. The highest BCUT2D eigenvalue weighted by Crippen LogP contribution is 2.17. The summed E-state index contributed by atoms with van der Waals surface area (Å²) in [7, 11) is 3.35. The van der Waals surface area contributed by atoms with Crippen LogP contribution in [0, 0.1) is 0 Å². The van der Waals surface area contributed by atoms with Crippen LogP contribution in [-0.2, 0) is 4.79 Å². The van der Waals surface area contributed by atoms with Gasteiger partial charge in [-0.05, 0) is 33.0 Å². The molecular weight excluding hydrogens is 204 g/mol. The van der Waals surface area contributed by atoms with Crippen LogP contribution in [0.25, 0.3) is 0 Å². The molecule has 4 nitrogen and oxygen atoms in total. The van der Waals surface area contributed by atoms with Crippen LogP contribution in [0.1, 0.15) is 13.8 Å². The van der Waals surface area contributed by atoms with Crippen LogP contribution in [0.4, 0.5) is 5.69 Å². The minimum absolute atomic E-state index is 0.0803. The highest BCUT2D eigenvalue weighted by molar-refractivity contribution is 5.97. The first-order chi connectivity index (χ1) is 7.49. The molecule has 0 saturated carbocycles. The topological polar surface area (TPSA) is 50.4 Å². The van der Waals surface area contributed by atoms with E-state index in [2.05, 4.69) is 10.6 Å². The first-order valence-corrected chi connectivity index (χ1v) is 5.14. The lowest BCUT2D eigenvalue weighted by molar-refractivity contribution is -0.121. The van der Waals surface area contributed by atoms with E-state index in [1.807, 2.05) is 32.0 Å². The van der Waals surface area contributed by atoms with Crippen molar-refractivity contribution in [2.24, 2.45) is 0 Å². The summed E-state index contributed by atoms with van der Waals surface area (Å²) in [5.41, 5.74) is 0.135. The number of likely N-dealkylation sites (N-methyl/N-ethyl adjacent to an activating group) is 1. The minimum Gasteiger partial charge on any atom is -0.497 e. The summed E-state index contributed by atoms with van der Waals surface area (Å²) in [6.07, 6.45) is 0. The Morgan fingerprint density at radius 2 is 2.06 bits per heavy atom. The van der Waals surface area contributed by atoms with Gasteiger partial charge < -0.3 is 15.4 Å². The smallest absolute Gasteiger partial charge is 0.244 e. The molecule has 4 heteroatoms. The molecule has 0 aliphatic rings. The second-order valence-corrected chi connectivity index (χ2v) is 4.06. The van der Waals surface area contributed by atoms with E-state index in [-0.39, 0.29) is 5.91 Å². The molecule has 0 bridgehead atoms. The fraction of sp³-hybridized carbons (Fsp3) is 0.417. The van der Waals surface area contributed by atoms with E-state index in [0.29, 0.717) is 0 Å². The zero-order chi connectivity index (χ0) is 12.2. The number of carbonyl (C=O) groups excluding carboxylic acids is 1. The molecule has 0 fully saturated rings. The lowest BCUT2D eigenvalue weighted by Crippen LogP contribution is -2.47. The second kappa shape index (κ2) is 4.99. The molecule has 2 N–H and O–H groups in total. The summed E-state index contributed by atoms with van der Waals surface area (Å²) in [6.45, 7) is 3.64. The van der Waals surface area contributed by atoms with Gasteiger partial charge >= 0.3 is 0 Å². The molecule has 16 heavy (non-hydrogen) atoms. The summed E-state index contributed by atoms with van der Waals surface area (Å²) < 4.78 is 5.08. The number of carbonyl (C=O) groups is 1. The van der Waals surface area contributed by atoms with Gasteiger partial charge in [0, 0.05) is 11.8 Å². The van der Waals surface area contributed by atoms with Crippen molar-refractivity contribution in [1.82, 2.24) is 5.32 Å². The maximum absolute atomic E-state index is 11.9. The number of rotatable bonds is 4. The third-order valence-corrected chi connectivity index (χ3v) is 2.52. The number of methoxy groups -OCH3 is 1. The van der Waals surface area contributed by atoms with Gasteiger partial charge in [0.1, 0.15) is 5.75 Å². The molecule has 0 spiro atoms. The zero-order valence-corrected chi connectivity index (χ0v) is 10.1. The van der Waals surface area contributed by atoms with Crippen LogP contribution >= 0.6 is 0 Å². The lowest BCUT2D eigenvalue weighted by atomic mass is 10.1. The van der Waals surface area contributed by atoms with Gasteiger partial charge in [0.05, 0.1) is 12.6 Å². The third-order valence-electron chi connectivity index (χ3n) is 2.52. The highest BCUT2D eigenvalue weighted by Gasteiger charge is 2.24. The maximum atomic E-state index is 11.9. The minimum atomic E-state index is -0.594. The van der Waals surface area contributed by atoms with Gasteiger partial charge in [-0.3, -0.25) is 4.79 Å². The number of amides is 1. The predicted octanol–water partition coefficient (Wildman–Crippen LogP) is 1.63. The third kappa shape index (κ3) is 2.97. The Balaban J connectivity index is 2.77. The molecule has 0 aliphatic carbocycles. The summed E-state index contributed by atoms with van der Waals surface area (Å²) in [4.78, 5) is 11.9. The fourth-order valence-electron chi connectivity index (χ4n) is 1.10. The average molecular weight is 222 g/mol. The first-order valence-electron chi connectivity index (χ1n) is 5.14. The van der Waals surface area contributed by atoms with Crippen molar-refractivity contribution >= 4 is 11.6 Å². The van der Waals surface area contributed by atoms with Gasteiger partial charge in [0.15, 0.2) is 0 Å². The van der Waals surface area contributed by atoms with Crippen molar-refractivity contribution in [1.29, 1.82) is 0 Å². The van der Waals surface area contributed by atoms with Crippen LogP contribution < -0.4 is 15.4 Å². The monoisotopic (exact) mass is 222 g/mol. The van der Waals surface area contributed by atoms with Crippen molar-refractivity contribution in [2.45, 2.75) is 19.4 Å². The van der Waals surface area contributed by atoms with Gasteiger partial charge in [-0.15, -0.1) is 0 Å². The number of anilines is 1. The largest absolute Gasteiger partial charge is 0.497 e. The van der Waals surface area contributed by atoms with Crippen molar-refractivity contribution in [3.8, 4) is 5.75 Å². The molecule has 0 aliphatic heterocycles. The molecule has 88 valence electrons. The van der Waals surface area contributed by atoms with Gasteiger partial charge in [-0.2, -0.15) is 0 Å². The Morgan fingerprint density at radius 1 is 1.38 bits per heavy atom. The molecule has 0 aromatic heterocycles. The first kappa shape index (κ1) is 12.5. The maximum Gasteiger partial charge on any atom is 0.244 e. The molecule has 1 amide bonds. The molecule has 0 heterocycles. The van der Waals surface area contributed by atoms with Crippen LogP contribution in [0.2, 0.25) is 0 Å². The van der Waals surface area contributed by atoms with Crippen molar-refractivity contribution in [3.05, 3.63) is 24.3 Å². The van der Waals surface area contributed by atoms with Crippen LogP contribution in [-0.4, -0.2) is 25.6 Å². The number of nitrogens with one attached hydrogen (secondary N) is 2. The van der Waals surface area contributed by atoms with E-state index in [1.165, 1.54) is 0 Å². The summed E-state index contributed by atoms with van der Waals surface area (Å²) in [5.74, 6) is 0.642. The van der Waals surface area contributed by atoms with E-state index in [1.54, 1.807) is 20.2 Å². The molecule has 1 aromatic carbocycles. The number of hydrogen-bond donors (Lipinski definition) is 2. The predicted molar refractivity (Wildman–Crippen MR) is 64.8 cm³/mol. The molecule has 0 radical (unpaired) electrons. The molecular formula is C12H18N2O2. The normalized spacial score (nSPS) is 11.0. The van der Waals surface area contributed by atoms with E-state index < -0.39 is 5.54 Å². The van der Waals surface area contributed by atoms with Gasteiger partial charge in [-0.25, -0.2) is 0 Å². The number of benzene rings is 1.